The van der Waals surface area contributed by atoms with Gasteiger partial charge in [0.15, 0.2) is 0 Å². The molecule has 3 saturated carbocycles. The summed E-state index contributed by atoms with van der Waals surface area (Å²) in [5, 5.41) is 31.5. The van der Waals surface area contributed by atoms with Gasteiger partial charge in [0.1, 0.15) is 0 Å². The number of allylic oxidation sites excluding steroid dienone is 1. The van der Waals surface area contributed by atoms with Crippen molar-refractivity contribution >= 4 is 0 Å². The van der Waals surface area contributed by atoms with Gasteiger partial charge in [-0.25, -0.2) is 0 Å². The molecule has 0 spiro atoms. The van der Waals surface area contributed by atoms with Crippen LogP contribution < -0.4 is 0 Å². The molecule has 0 saturated heterocycles. The van der Waals surface area contributed by atoms with Crippen LogP contribution in [-0.4, -0.2) is 33.6 Å². The van der Waals surface area contributed by atoms with E-state index in [9.17, 15) is 15.3 Å². The standard InChI is InChI=1S/C19H30O3/c1-18-8-7-12(20)9-11(18)3-4-13-14-5-6-16(22)19(14,2)10-15(21)17(13)18/h3,12-17,20-22H,4-10H2,1-2H3/t12-,13?,14?,15-,16-,17?,18-,19-/m0/s1. The zero-order chi connectivity index (χ0) is 15.7. The van der Waals surface area contributed by atoms with Gasteiger partial charge in [0.2, 0.25) is 0 Å². The molecule has 0 aromatic carbocycles. The fourth-order valence-electron chi connectivity index (χ4n) is 6.75. The topological polar surface area (TPSA) is 60.7 Å². The van der Waals surface area contributed by atoms with Gasteiger partial charge in [0.05, 0.1) is 18.3 Å². The largest absolute Gasteiger partial charge is 0.393 e. The minimum absolute atomic E-state index is 0.0520. The van der Waals surface area contributed by atoms with E-state index in [2.05, 4.69) is 19.9 Å². The molecule has 8 atom stereocenters. The molecule has 0 bridgehead atoms. The smallest absolute Gasteiger partial charge is 0.0597 e. The van der Waals surface area contributed by atoms with Crippen LogP contribution >= 0.6 is 0 Å². The van der Waals surface area contributed by atoms with E-state index in [0.717, 1.165) is 44.9 Å². The molecule has 0 heterocycles. The molecule has 4 aliphatic rings. The Morgan fingerprint density at radius 2 is 1.86 bits per heavy atom. The van der Waals surface area contributed by atoms with Crippen LogP contribution in [0.5, 0.6) is 0 Å². The summed E-state index contributed by atoms with van der Waals surface area (Å²) in [6, 6.07) is 0. The van der Waals surface area contributed by atoms with Crippen LogP contribution in [-0.2, 0) is 0 Å². The van der Waals surface area contributed by atoms with Crippen LogP contribution in [0.25, 0.3) is 0 Å². The summed E-state index contributed by atoms with van der Waals surface area (Å²) in [4.78, 5) is 0. The van der Waals surface area contributed by atoms with Crippen molar-refractivity contribution in [1.82, 2.24) is 0 Å². The minimum atomic E-state index is -0.317. The lowest BCUT2D eigenvalue weighted by Gasteiger charge is -2.59. The molecule has 3 heteroatoms. The Bertz CT molecular complexity index is 501. The van der Waals surface area contributed by atoms with Crippen molar-refractivity contribution in [2.24, 2.45) is 28.6 Å². The maximum absolute atomic E-state index is 11.0. The Balaban J connectivity index is 1.73. The van der Waals surface area contributed by atoms with Gasteiger partial charge in [-0.1, -0.05) is 25.5 Å². The molecule has 0 radical (unpaired) electrons. The van der Waals surface area contributed by atoms with E-state index in [4.69, 9.17) is 0 Å². The number of hydrogen-bond donors (Lipinski definition) is 3. The van der Waals surface area contributed by atoms with Crippen LogP contribution in [0.2, 0.25) is 0 Å². The van der Waals surface area contributed by atoms with Gasteiger partial charge >= 0.3 is 0 Å². The van der Waals surface area contributed by atoms with Gasteiger partial charge in [-0.3, -0.25) is 0 Å². The van der Waals surface area contributed by atoms with E-state index in [1.165, 1.54) is 5.57 Å². The highest BCUT2D eigenvalue weighted by molar-refractivity contribution is 5.26. The molecule has 3 unspecified atom stereocenters. The van der Waals surface area contributed by atoms with Crippen molar-refractivity contribution in [3.8, 4) is 0 Å². The van der Waals surface area contributed by atoms with Crippen LogP contribution in [0.3, 0.4) is 0 Å². The highest BCUT2D eigenvalue weighted by atomic mass is 16.3. The Kier molecular flexibility index (Phi) is 3.32. The van der Waals surface area contributed by atoms with Gasteiger partial charge in [0.25, 0.3) is 0 Å². The lowest BCUT2D eigenvalue weighted by Crippen LogP contribution is -2.57. The molecule has 22 heavy (non-hydrogen) atoms. The van der Waals surface area contributed by atoms with Crippen LogP contribution in [0.4, 0.5) is 0 Å². The van der Waals surface area contributed by atoms with Gasteiger partial charge < -0.3 is 15.3 Å². The first-order valence-corrected chi connectivity index (χ1v) is 9.10. The predicted molar refractivity (Wildman–Crippen MR) is 85.1 cm³/mol. The summed E-state index contributed by atoms with van der Waals surface area (Å²) in [6.45, 7) is 4.51. The third-order valence-electron chi connectivity index (χ3n) is 7.96. The zero-order valence-electron chi connectivity index (χ0n) is 13.8. The van der Waals surface area contributed by atoms with Crippen LogP contribution in [0, 0.1) is 28.6 Å². The maximum atomic E-state index is 11.0. The Morgan fingerprint density at radius 1 is 1.09 bits per heavy atom. The number of rotatable bonds is 0. The first kappa shape index (κ1) is 15.2. The van der Waals surface area contributed by atoms with Crippen LogP contribution in [0.1, 0.15) is 58.8 Å². The van der Waals surface area contributed by atoms with Crippen molar-refractivity contribution in [3.05, 3.63) is 11.6 Å². The Labute approximate surface area is 133 Å². The average molecular weight is 306 g/mol. The molecule has 4 aliphatic carbocycles. The predicted octanol–water partition coefficient (Wildman–Crippen LogP) is 2.64. The first-order valence-electron chi connectivity index (χ1n) is 9.10. The second-order valence-electron chi connectivity index (χ2n) is 8.95. The van der Waals surface area contributed by atoms with Crippen molar-refractivity contribution in [1.29, 1.82) is 0 Å². The van der Waals surface area contributed by atoms with E-state index in [-0.39, 0.29) is 29.1 Å². The fourth-order valence-corrected chi connectivity index (χ4v) is 6.75. The van der Waals surface area contributed by atoms with E-state index in [1.807, 2.05) is 0 Å². The summed E-state index contributed by atoms with van der Waals surface area (Å²) in [5.41, 5.74) is 1.33. The van der Waals surface area contributed by atoms with Gasteiger partial charge in [-0.2, -0.15) is 0 Å². The second-order valence-corrected chi connectivity index (χ2v) is 8.95. The van der Waals surface area contributed by atoms with Crippen molar-refractivity contribution in [3.63, 3.8) is 0 Å². The second kappa shape index (κ2) is 4.81. The molecular weight excluding hydrogens is 276 g/mol. The summed E-state index contributed by atoms with van der Waals surface area (Å²) in [5.74, 6) is 1.34. The van der Waals surface area contributed by atoms with Crippen molar-refractivity contribution in [2.75, 3.05) is 0 Å². The SMILES string of the molecule is C[C@]12CC[C@H](O)CC1=CCC1C2[C@@H](O)C[C@@]2(C)C1CC[C@@H]2O. The minimum Gasteiger partial charge on any atom is -0.393 e. The zero-order valence-corrected chi connectivity index (χ0v) is 13.8. The number of aliphatic hydroxyl groups excluding tert-OH is 3. The molecule has 0 aromatic rings. The van der Waals surface area contributed by atoms with Gasteiger partial charge in [-0.05, 0) is 73.5 Å². The summed E-state index contributed by atoms with van der Waals surface area (Å²) < 4.78 is 0. The molecule has 0 aliphatic heterocycles. The molecular formula is C19H30O3. The maximum Gasteiger partial charge on any atom is 0.0597 e. The van der Waals surface area contributed by atoms with E-state index in [0.29, 0.717) is 17.8 Å². The summed E-state index contributed by atoms with van der Waals surface area (Å²) >= 11 is 0. The van der Waals surface area contributed by atoms with Crippen LogP contribution in [0.15, 0.2) is 11.6 Å². The molecule has 124 valence electrons. The highest BCUT2D eigenvalue weighted by Gasteiger charge is 2.61. The highest BCUT2D eigenvalue weighted by Crippen LogP contribution is 2.64. The molecule has 0 aromatic heterocycles. The number of aliphatic hydroxyl groups is 3. The quantitative estimate of drug-likeness (QED) is 0.603. The van der Waals surface area contributed by atoms with Gasteiger partial charge in [-0.15, -0.1) is 0 Å². The third kappa shape index (κ3) is 1.85. The molecule has 3 nitrogen and oxygen atoms in total. The molecule has 0 amide bonds. The molecule has 3 fully saturated rings. The van der Waals surface area contributed by atoms with Gasteiger partial charge in [0, 0.05) is 0 Å². The molecule has 4 rings (SSSR count). The first-order chi connectivity index (χ1) is 10.4. The van der Waals surface area contributed by atoms with Crippen molar-refractivity contribution < 1.29 is 15.3 Å². The molecule has 3 N–H and O–H groups in total. The van der Waals surface area contributed by atoms with E-state index < -0.39 is 0 Å². The lowest BCUT2D eigenvalue weighted by molar-refractivity contribution is -0.136. The number of hydrogen-bond acceptors (Lipinski definition) is 3. The van der Waals surface area contributed by atoms with E-state index >= 15 is 0 Å². The summed E-state index contributed by atoms with van der Waals surface area (Å²) in [6.07, 6.45) is 7.99. The third-order valence-corrected chi connectivity index (χ3v) is 7.96. The Morgan fingerprint density at radius 3 is 2.64 bits per heavy atom. The van der Waals surface area contributed by atoms with Crippen molar-refractivity contribution in [2.45, 2.75) is 77.1 Å². The monoisotopic (exact) mass is 306 g/mol. The number of fused-ring (bicyclic) bond motifs is 5. The normalized spacial score (nSPS) is 57.6. The average Bonchev–Trinajstić information content (AvgIpc) is 2.75. The Hall–Kier alpha value is -0.380. The fraction of sp³-hybridized carbons (Fsp3) is 0.895. The lowest BCUT2D eigenvalue weighted by atomic mass is 9.47. The van der Waals surface area contributed by atoms with E-state index in [1.54, 1.807) is 0 Å². The summed E-state index contributed by atoms with van der Waals surface area (Å²) in [7, 11) is 0.